The van der Waals surface area contributed by atoms with Crippen LogP contribution in [0.25, 0.3) is 11.6 Å². The summed E-state index contributed by atoms with van der Waals surface area (Å²) < 4.78 is 15.8. The second-order valence-electron chi connectivity index (χ2n) is 6.55. The van der Waals surface area contributed by atoms with Crippen LogP contribution in [0.3, 0.4) is 0 Å². The van der Waals surface area contributed by atoms with Crippen LogP contribution in [-0.4, -0.2) is 45.0 Å². The Morgan fingerprint density at radius 3 is 2.77 bits per heavy atom. The Morgan fingerprint density at radius 2 is 2.04 bits per heavy atom. The summed E-state index contributed by atoms with van der Waals surface area (Å²) in [5.41, 5.74) is 1.18. The van der Waals surface area contributed by atoms with Crippen LogP contribution < -0.4 is 0 Å². The van der Waals surface area contributed by atoms with Gasteiger partial charge in [0.15, 0.2) is 16.4 Å². The largest absolute Gasteiger partial charge is 0.461 e. The summed E-state index contributed by atoms with van der Waals surface area (Å²) in [5, 5.41) is 4.77. The molecular formula is C19H22N4O2S. The maximum Gasteiger partial charge on any atom is 0.199 e. The summed E-state index contributed by atoms with van der Waals surface area (Å²) in [5.74, 6) is 1.48. The summed E-state index contributed by atoms with van der Waals surface area (Å²) in [6.45, 7) is 5.91. The number of hydrogen-bond donors (Lipinski definition) is 0. The van der Waals surface area contributed by atoms with E-state index in [4.69, 9.17) is 26.5 Å². The standard InChI is InChI=1S/C19H22N4O2S/c1-15-12-21(9-11-24-15)14-23-19(26)22(13-16-6-3-2-4-7-16)18(20-23)17-8-5-10-25-17/h2-8,10,15H,9,11-14H2,1H3/t15-/m1/s1. The first-order valence-electron chi connectivity index (χ1n) is 8.80. The van der Waals surface area contributed by atoms with Gasteiger partial charge in [-0.3, -0.25) is 9.47 Å². The Bertz CT molecular complexity index is 902. The summed E-state index contributed by atoms with van der Waals surface area (Å²) in [6.07, 6.45) is 1.89. The van der Waals surface area contributed by atoms with Crippen LogP contribution in [0.4, 0.5) is 0 Å². The Balaban J connectivity index is 1.67. The van der Waals surface area contributed by atoms with Crippen LogP contribution in [0.2, 0.25) is 0 Å². The highest BCUT2D eigenvalue weighted by Crippen LogP contribution is 2.21. The number of hydrogen-bond acceptors (Lipinski definition) is 5. The number of furan rings is 1. The van der Waals surface area contributed by atoms with E-state index in [0.717, 1.165) is 31.3 Å². The quantitative estimate of drug-likeness (QED) is 0.644. The van der Waals surface area contributed by atoms with Crippen molar-refractivity contribution in [2.24, 2.45) is 0 Å². The van der Waals surface area contributed by atoms with Gasteiger partial charge in [0.2, 0.25) is 0 Å². The number of rotatable bonds is 5. The van der Waals surface area contributed by atoms with Gasteiger partial charge >= 0.3 is 0 Å². The third kappa shape index (κ3) is 3.65. The second kappa shape index (κ2) is 7.57. The van der Waals surface area contributed by atoms with E-state index in [9.17, 15) is 0 Å². The van der Waals surface area contributed by atoms with Crippen molar-refractivity contribution in [3.63, 3.8) is 0 Å². The molecule has 2 aromatic heterocycles. The Hall–Kier alpha value is -2.22. The van der Waals surface area contributed by atoms with Gasteiger partial charge in [-0.2, -0.15) is 0 Å². The molecule has 4 rings (SSSR count). The molecule has 26 heavy (non-hydrogen) atoms. The van der Waals surface area contributed by atoms with Crippen LogP contribution in [0, 0.1) is 4.77 Å². The van der Waals surface area contributed by atoms with Crippen molar-refractivity contribution in [3.05, 3.63) is 59.1 Å². The van der Waals surface area contributed by atoms with Crippen molar-refractivity contribution in [2.75, 3.05) is 19.7 Å². The molecule has 0 aliphatic carbocycles. The molecule has 0 amide bonds. The lowest BCUT2D eigenvalue weighted by Gasteiger charge is -2.30. The Kier molecular flexibility index (Phi) is 5.01. The topological polar surface area (TPSA) is 48.4 Å². The first-order valence-corrected chi connectivity index (χ1v) is 9.21. The van der Waals surface area contributed by atoms with Gasteiger partial charge in [-0.25, -0.2) is 4.68 Å². The second-order valence-corrected chi connectivity index (χ2v) is 6.92. The van der Waals surface area contributed by atoms with Crippen LogP contribution in [0.15, 0.2) is 53.1 Å². The maximum atomic E-state index is 5.75. The number of aromatic nitrogens is 3. The van der Waals surface area contributed by atoms with E-state index >= 15 is 0 Å². The lowest BCUT2D eigenvalue weighted by molar-refractivity contribution is -0.0307. The van der Waals surface area contributed by atoms with Crippen LogP contribution >= 0.6 is 12.2 Å². The van der Waals surface area contributed by atoms with Crippen molar-refractivity contribution in [2.45, 2.75) is 26.2 Å². The van der Waals surface area contributed by atoms with Gasteiger partial charge in [-0.05, 0) is 36.8 Å². The molecule has 136 valence electrons. The minimum absolute atomic E-state index is 0.230. The summed E-state index contributed by atoms with van der Waals surface area (Å²) in [7, 11) is 0. The average Bonchev–Trinajstić information content (AvgIpc) is 3.27. The van der Waals surface area contributed by atoms with Gasteiger partial charge in [0, 0.05) is 13.1 Å². The van der Waals surface area contributed by atoms with Gasteiger partial charge in [-0.15, -0.1) is 5.10 Å². The molecule has 6 nitrogen and oxygen atoms in total. The lowest BCUT2D eigenvalue weighted by Crippen LogP contribution is -2.42. The Morgan fingerprint density at radius 1 is 1.19 bits per heavy atom. The molecule has 3 aromatic rings. The minimum Gasteiger partial charge on any atom is -0.461 e. The van der Waals surface area contributed by atoms with Crippen molar-refractivity contribution in [1.29, 1.82) is 0 Å². The zero-order chi connectivity index (χ0) is 17.9. The highest BCUT2D eigenvalue weighted by Gasteiger charge is 2.20. The van der Waals surface area contributed by atoms with E-state index in [1.165, 1.54) is 5.56 Å². The third-order valence-corrected chi connectivity index (χ3v) is 4.94. The van der Waals surface area contributed by atoms with Gasteiger partial charge in [0.05, 0.1) is 32.2 Å². The Labute approximate surface area is 157 Å². The molecular weight excluding hydrogens is 348 g/mol. The van der Waals surface area contributed by atoms with Gasteiger partial charge in [0.25, 0.3) is 0 Å². The predicted octanol–water partition coefficient (Wildman–Crippen LogP) is 3.40. The van der Waals surface area contributed by atoms with E-state index in [1.807, 2.05) is 39.6 Å². The molecule has 7 heteroatoms. The van der Waals surface area contributed by atoms with E-state index in [1.54, 1.807) is 6.26 Å². The first kappa shape index (κ1) is 17.2. The molecule has 1 fully saturated rings. The number of benzene rings is 1. The molecule has 0 bridgehead atoms. The summed E-state index contributed by atoms with van der Waals surface area (Å²) >= 11 is 5.75. The lowest BCUT2D eigenvalue weighted by atomic mass is 10.2. The highest BCUT2D eigenvalue weighted by atomic mass is 32.1. The average molecular weight is 370 g/mol. The first-order chi connectivity index (χ1) is 12.7. The zero-order valence-corrected chi connectivity index (χ0v) is 15.6. The van der Waals surface area contributed by atoms with Crippen LogP contribution in [0.1, 0.15) is 12.5 Å². The summed E-state index contributed by atoms with van der Waals surface area (Å²) in [6, 6.07) is 14.0. The fourth-order valence-corrected chi connectivity index (χ4v) is 3.49. The van der Waals surface area contributed by atoms with Crippen LogP contribution in [-0.2, 0) is 18.0 Å². The van der Waals surface area contributed by atoms with E-state index < -0.39 is 0 Å². The molecule has 1 saturated heterocycles. The fourth-order valence-electron chi connectivity index (χ4n) is 3.24. The third-order valence-electron chi connectivity index (χ3n) is 4.51. The molecule has 0 radical (unpaired) electrons. The number of ether oxygens (including phenoxy) is 1. The minimum atomic E-state index is 0.230. The monoisotopic (exact) mass is 370 g/mol. The SMILES string of the molecule is C[C@@H]1CN(Cn2nc(-c3ccco3)n(Cc3ccccc3)c2=S)CCO1. The molecule has 3 heterocycles. The normalized spacial score (nSPS) is 18.3. The molecule has 1 aliphatic rings. The number of morpholine rings is 1. The molecule has 1 atom stereocenters. The molecule has 1 aliphatic heterocycles. The van der Waals surface area contributed by atoms with Gasteiger partial charge < -0.3 is 9.15 Å². The van der Waals surface area contributed by atoms with Crippen molar-refractivity contribution in [3.8, 4) is 11.6 Å². The molecule has 1 aromatic carbocycles. The van der Waals surface area contributed by atoms with Gasteiger partial charge in [-0.1, -0.05) is 30.3 Å². The highest BCUT2D eigenvalue weighted by molar-refractivity contribution is 7.71. The maximum absolute atomic E-state index is 5.75. The number of nitrogens with zero attached hydrogens (tertiary/aromatic N) is 4. The van der Waals surface area contributed by atoms with Crippen molar-refractivity contribution < 1.29 is 9.15 Å². The summed E-state index contributed by atoms with van der Waals surface area (Å²) in [4.78, 5) is 2.32. The van der Waals surface area contributed by atoms with E-state index in [0.29, 0.717) is 18.0 Å². The van der Waals surface area contributed by atoms with E-state index in [2.05, 4.69) is 24.0 Å². The van der Waals surface area contributed by atoms with E-state index in [-0.39, 0.29) is 6.10 Å². The molecule has 0 spiro atoms. The van der Waals surface area contributed by atoms with Gasteiger partial charge in [0.1, 0.15) is 0 Å². The van der Waals surface area contributed by atoms with Crippen LogP contribution in [0.5, 0.6) is 0 Å². The van der Waals surface area contributed by atoms with Crippen molar-refractivity contribution in [1.82, 2.24) is 19.2 Å². The fraction of sp³-hybridized carbons (Fsp3) is 0.368. The predicted molar refractivity (Wildman–Crippen MR) is 101 cm³/mol. The molecule has 0 N–H and O–H groups in total. The smallest absolute Gasteiger partial charge is 0.199 e. The molecule has 0 saturated carbocycles. The zero-order valence-electron chi connectivity index (χ0n) is 14.7. The molecule has 0 unspecified atom stereocenters. The van der Waals surface area contributed by atoms with Crippen molar-refractivity contribution >= 4 is 12.2 Å².